The van der Waals surface area contributed by atoms with E-state index in [1.165, 1.54) is 0 Å². The van der Waals surface area contributed by atoms with E-state index < -0.39 is 11.6 Å². The Labute approximate surface area is 131 Å². The number of amides is 2. The van der Waals surface area contributed by atoms with Crippen molar-refractivity contribution in [2.45, 2.75) is 58.4 Å². The molecule has 22 heavy (non-hydrogen) atoms. The number of urea groups is 1. The average molecular weight is 307 g/mol. The number of nitrogens with zero attached hydrogens (tertiary/aromatic N) is 2. The van der Waals surface area contributed by atoms with E-state index in [1.54, 1.807) is 11.1 Å². The van der Waals surface area contributed by atoms with Crippen molar-refractivity contribution in [2.24, 2.45) is 0 Å². The Morgan fingerprint density at radius 3 is 2.91 bits per heavy atom. The van der Waals surface area contributed by atoms with Crippen molar-refractivity contribution >= 4 is 6.03 Å². The number of rotatable bonds is 4. The number of aliphatic hydroxyl groups is 1. The highest BCUT2D eigenvalue weighted by atomic mass is 16.5. The second-order valence-corrected chi connectivity index (χ2v) is 6.44. The zero-order chi connectivity index (χ0) is 16.3. The summed E-state index contributed by atoms with van der Waals surface area (Å²) in [6.07, 6.45) is 1.86. The van der Waals surface area contributed by atoms with Gasteiger partial charge in [-0.15, -0.1) is 0 Å². The number of carbonyl (C=O) groups excluding carboxylic acids is 1. The number of pyridine rings is 1. The van der Waals surface area contributed by atoms with E-state index in [9.17, 15) is 9.90 Å². The summed E-state index contributed by atoms with van der Waals surface area (Å²) in [5.41, 5.74) is 0.394. The summed E-state index contributed by atoms with van der Waals surface area (Å²) in [4.78, 5) is 18.1. The highest BCUT2D eigenvalue weighted by Crippen LogP contribution is 2.28. The minimum Gasteiger partial charge on any atom is -0.475 e. The molecule has 2 amide bonds. The van der Waals surface area contributed by atoms with E-state index in [0.717, 1.165) is 5.56 Å². The standard InChI is InChI=1S/C16H25N3O3/c1-11(2)22-14-9-12(5-7-17-14)10-18-15(21)19-8-6-13(20)16(19,3)4/h5,7,9,11,13,20H,6,8,10H2,1-4H3,(H,18,21). The Kier molecular flexibility index (Phi) is 4.90. The van der Waals surface area contributed by atoms with Crippen molar-refractivity contribution in [3.8, 4) is 5.88 Å². The van der Waals surface area contributed by atoms with Crippen LogP contribution in [0.4, 0.5) is 4.79 Å². The second-order valence-electron chi connectivity index (χ2n) is 6.44. The van der Waals surface area contributed by atoms with Gasteiger partial charge in [-0.3, -0.25) is 0 Å². The van der Waals surface area contributed by atoms with Gasteiger partial charge in [-0.1, -0.05) is 0 Å². The monoisotopic (exact) mass is 307 g/mol. The van der Waals surface area contributed by atoms with Gasteiger partial charge >= 0.3 is 6.03 Å². The molecule has 1 saturated heterocycles. The largest absolute Gasteiger partial charge is 0.475 e. The summed E-state index contributed by atoms with van der Waals surface area (Å²) in [6, 6.07) is 3.51. The number of ether oxygens (including phenoxy) is 1. The average Bonchev–Trinajstić information content (AvgIpc) is 2.70. The summed E-state index contributed by atoms with van der Waals surface area (Å²) in [5, 5.41) is 12.8. The first-order chi connectivity index (χ1) is 10.3. The quantitative estimate of drug-likeness (QED) is 0.891. The Bertz CT molecular complexity index is 531. The van der Waals surface area contributed by atoms with Crippen LogP contribution in [0.5, 0.6) is 5.88 Å². The molecule has 122 valence electrons. The number of likely N-dealkylation sites (tertiary alicyclic amines) is 1. The molecule has 0 saturated carbocycles. The van der Waals surface area contributed by atoms with Gasteiger partial charge in [0.05, 0.1) is 17.7 Å². The van der Waals surface area contributed by atoms with Crippen LogP contribution in [-0.4, -0.2) is 45.3 Å². The van der Waals surface area contributed by atoms with Crippen LogP contribution in [-0.2, 0) is 6.54 Å². The Balaban J connectivity index is 1.94. The molecule has 6 nitrogen and oxygen atoms in total. The van der Waals surface area contributed by atoms with E-state index in [1.807, 2.05) is 39.8 Å². The molecular formula is C16H25N3O3. The van der Waals surface area contributed by atoms with E-state index in [-0.39, 0.29) is 12.1 Å². The van der Waals surface area contributed by atoms with Gasteiger partial charge in [0.2, 0.25) is 5.88 Å². The zero-order valence-electron chi connectivity index (χ0n) is 13.7. The van der Waals surface area contributed by atoms with Gasteiger partial charge in [0.25, 0.3) is 0 Å². The first-order valence-corrected chi connectivity index (χ1v) is 7.66. The zero-order valence-corrected chi connectivity index (χ0v) is 13.7. The first-order valence-electron chi connectivity index (χ1n) is 7.66. The molecule has 1 unspecified atom stereocenters. The molecule has 1 aliphatic rings. The van der Waals surface area contributed by atoms with Gasteiger partial charge in [-0.05, 0) is 45.7 Å². The number of aromatic nitrogens is 1. The SMILES string of the molecule is CC(C)Oc1cc(CNC(=O)N2CCC(O)C2(C)C)ccn1. The first kappa shape index (κ1) is 16.5. The third-order valence-corrected chi connectivity index (χ3v) is 3.98. The molecular weight excluding hydrogens is 282 g/mol. The number of hydrogen-bond donors (Lipinski definition) is 2. The lowest BCUT2D eigenvalue weighted by Crippen LogP contribution is -2.51. The summed E-state index contributed by atoms with van der Waals surface area (Å²) in [6.45, 7) is 8.61. The maximum Gasteiger partial charge on any atom is 0.318 e. The molecule has 0 aliphatic carbocycles. The highest BCUT2D eigenvalue weighted by molar-refractivity contribution is 5.75. The van der Waals surface area contributed by atoms with E-state index in [2.05, 4.69) is 10.3 Å². The minimum atomic E-state index is -0.533. The minimum absolute atomic E-state index is 0.0595. The van der Waals surface area contributed by atoms with Crippen LogP contribution < -0.4 is 10.1 Å². The van der Waals surface area contributed by atoms with Gasteiger partial charge in [0.1, 0.15) is 0 Å². The Hall–Kier alpha value is -1.82. The number of hydrogen-bond acceptors (Lipinski definition) is 4. The predicted molar refractivity (Wildman–Crippen MR) is 83.6 cm³/mol. The predicted octanol–water partition coefficient (Wildman–Crippen LogP) is 1.92. The van der Waals surface area contributed by atoms with Gasteiger partial charge in [0.15, 0.2) is 0 Å². The molecule has 0 bridgehead atoms. The van der Waals surface area contributed by atoms with Crippen LogP contribution in [0.3, 0.4) is 0 Å². The third kappa shape index (κ3) is 3.68. The fourth-order valence-electron chi connectivity index (χ4n) is 2.58. The highest BCUT2D eigenvalue weighted by Gasteiger charge is 2.42. The molecule has 2 N–H and O–H groups in total. The summed E-state index contributed by atoms with van der Waals surface area (Å²) in [5.74, 6) is 0.554. The molecule has 1 aliphatic heterocycles. The van der Waals surface area contributed by atoms with Crippen molar-refractivity contribution in [1.29, 1.82) is 0 Å². The number of aliphatic hydroxyl groups excluding tert-OH is 1. The van der Waals surface area contributed by atoms with E-state index in [4.69, 9.17) is 4.74 Å². The van der Waals surface area contributed by atoms with Gasteiger partial charge in [0, 0.05) is 25.4 Å². The third-order valence-electron chi connectivity index (χ3n) is 3.98. The second kappa shape index (κ2) is 6.52. The van der Waals surface area contributed by atoms with Gasteiger partial charge in [-0.2, -0.15) is 0 Å². The van der Waals surface area contributed by atoms with Crippen LogP contribution in [0, 0.1) is 0 Å². The van der Waals surface area contributed by atoms with Gasteiger partial charge in [-0.25, -0.2) is 9.78 Å². The van der Waals surface area contributed by atoms with E-state index in [0.29, 0.717) is 25.4 Å². The Morgan fingerprint density at radius 1 is 1.59 bits per heavy atom. The summed E-state index contributed by atoms with van der Waals surface area (Å²) >= 11 is 0. The summed E-state index contributed by atoms with van der Waals surface area (Å²) in [7, 11) is 0. The lowest BCUT2D eigenvalue weighted by molar-refractivity contribution is 0.0696. The number of nitrogens with one attached hydrogen (secondary N) is 1. The van der Waals surface area contributed by atoms with Crippen LogP contribution in [0.25, 0.3) is 0 Å². The maximum absolute atomic E-state index is 12.3. The van der Waals surface area contributed by atoms with Crippen LogP contribution in [0.2, 0.25) is 0 Å². The lowest BCUT2D eigenvalue weighted by Gasteiger charge is -2.33. The van der Waals surface area contributed by atoms with Crippen molar-refractivity contribution < 1.29 is 14.6 Å². The molecule has 0 aromatic carbocycles. The smallest absolute Gasteiger partial charge is 0.318 e. The van der Waals surface area contributed by atoms with Crippen molar-refractivity contribution in [3.05, 3.63) is 23.9 Å². The van der Waals surface area contributed by atoms with Crippen LogP contribution in [0.15, 0.2) is 18.3 Å². The van der Waals surface area contributed by atoms with Crippen molar-refractivity contribution in [2.75, 3.05) is 6.54 Å². The number of carbonyl (C=O) groups is 1. The van der Waals surface area contributed by atoms with Crippen molar-refractivity contribution in [1.82, 2.24) is 15.2 Å². The topological polar surface area (TPSA) is 74.7 Å². The van der Waals surface area contributed by atoms with Crippen LogP contribution in [0.1, 0.15) is 39.7 Å². The molecule has 1 atom stereocenters. The fraction of sp³-hybridized carbons (Fsp3) is 0.625. The fourth-order valence-corrected chi connectivity index (χ4v) is 2.58. The molecule has 0 spiro atoms. The van der Waals surface area contributed by atoms with E-state index >= 15 is 0 Å². The van der Waals surface area contributed by atoms with Crippen LogP contribution >= 0.6 is 0 Å². The molecule has 2 rings (SSSR count). The van der Waals surface area contributed by atoms with Crippen molar-refractivity contribution in [3.63, 3.8) is 0 Å². The van der Waals surface area contributed by atoms with Gasteiger partial charge < -0.3 is 20.1 Å². The summed E-state index contributed by atoms with van der Waals surface area (Å²) < 4.78 is 5.54. The molecule has 1 fully saturated rings. The lowest BCUT2D eigenvalue weighted by atomic mass is 9.99. The molecule has 0 radical (unpaired) electrons. The molecule has 1 aromatic heterocycles. The molecule has 2 heterocycles. The molecule has 1 aromatic rings. The molecule has 6 heteroatoms. The maximum atomic E-state index is 12.3. The normalized spacial score (nSPS) is 20.3. The Morgan fingerprint density at radius 2 is 2.32 bits per heavy atom.